The number of aliphatic hydroxyl groups is 4. The molecule has 12 atom stereocenters. The second kappa shape index (κ2) is 8.75. The summed E-state index contributed by atoms with van der Waals surface area (Å²) in [6, 6.07) is 0. The van der Waals surface area contributed by atoms with E-state index in [1.807, 2.05) is 0 Å². The van der Waals surface area contributed by atoms with Crippen LogP contribution in [0.2, 0.25) is 0 Å². The van der Waals surface area contributed by atoms with Gasteiger partial charge in [-0.1, -0.05) is 46.3 Å². The fourth-order valence-corrected chi connectivity index (χ4v) is 10.6. The lowest BCUT2D eigenvalue weighted by Gasteiger charge is -2.68. The highest BCUT2D eigenvalue weighted by Gasteiger charge is 2.68. The summed E-state index contributed by atoms with van der Waals surface area (Å²) in [5.41, 5.74) is -0.307. The standard InChI is InChI=1S/C31H52O6/c1-27(2)22-16-24(33)31(7)20-10-9-18(17-15-19(37-26(17)36-8)25(34)28(3,4)35)29(20,5)13-11-21(31)30(22,6)14-12-23(27)32/h10,17-19,21-26,32-35H,9,11-16H2,1-8H3/t17?,18-,19-,21?,22?,23+,24+,25?,26-,29-,30+,31-/m0/s1. The third-order valence-electron chi connectivity index (χ3n) is 12.7. The van der Waals surface area contributed by atoms with Crippen LogP contribution in [-0.2, 0) is 9.47 Å². The van der Waals surface area contributed by atoms with Crippen LogP contribution in [0.3, 0.4) is 0 Å². The quantitative estimate of drug-likeness (QED) is 0.409. The van der Waals surface area contributed by atoms with Crippen LogP contribution >= 0.6 is 0 Å². The fourth-order valence-electron chi connectivity index (χ4n) is 10.6. The second-order valence-corrected chi connectivity index (χ2v) is 15.2. The molecule has 212 valence electrons. The van der Waals surface area contributed by atoms with Gasteiger partial charge >= 0.3 is 0 Å². The van der Waals surface area contributed by atoms with E-state index in [1.54, 1.807) is 21.0 Å². The summed E-state index contributed by atoms with van der Waals surface area (Å²) >= 11 is 0. The van der Waals surface area contributed by atoms with Gasteiger partial charge < -0.3 is 29.9 Å². The predicted octanol–water partition coefficient (Wildman–Crippen LogP) is 4.43. The number of ether oxygens (including phenoxy) is 2. The molecule has 0 amide bonds. The highest BCUT2D eigenvalue weighted by atomic mass is 16.7. The van der Waals surface area contributed by atoms with Crippen LogP contribution in [0.5, 0.6) is 0 Å². The number of aliphatic hydroxyl groups excluding tert-OH is 3. The van der Waals surface area contributed by atoms with E-state index in [0.29, 0.717) is 24.2 Å². The first-order chi connectivity index (χ1) is 17.0. The Labute approximate surface area is 223 Å². The smallest absolute Gasteiger partial charge is 0.160 e. The Hall–Kier alpha value is -0.500. The van der Waals surface area contributed by atoms with Crippen LogP contribution in [-0.4, -0.2) is 63.8 Å². The van der Waals surface area contributed by atoms with Crippen LogP contribution in [0.25, 0.3) is 0 Å². The molecule has 4 fully saturated rings. The van der Waals surface area contributed by atoms with Crippen molar-refractivity contribution in [2.75, 3.05) is 7.11 Å². The molecule has 4 unspecified atom stereocenters. The number of hydrogen-bond donors (Lipinski definition) is 4. The summed E-state index contributed by atoms with van der Waals surface area (Å²) in [6.07, 6.45) is 6.10. The zero-order valence-electron chi connectivity index (χ0n) is 24.3. The summed E-state index contributed by atoms with van der Waals surface area (Å²) in [4.78, 5) is 0. The molecular weight excluding hydrogens is 468 g/mol. The second-order valence-electron chi connectivity index (χ2n) is 15.2. The van der Waals surface area contributed by atoms with E-state index in [-0.39, 0.29) is 33.7 Å². The molecular formula is C31H52O6. The van der Waals surface area contributed by atoms with Gasteiger partial charge in [0.1, 0.15) is 6.10 Å². The maximum absolute atomic E-state index is 11.9. The molecule has 3 saturated carbocycles. The lowest BCUT2D eigenvalue weighted by molar-refractivity contribution is -0.214. The molecule has 1 heterocycles. The van der Waals surface area contributed by atoms with E-state index in [2.05, 4.69) is 40.7 Å². The third kappa shape index (κ3) is 3.79. The fraction of sp³-hybridized carbons (Fsp3) is 0.935. The van der Waals surface area contributed by atoms with E-state index >= 15 is 0 Å². The predicted molar refractivity (Wildman–Crippen MR) is 142 cm³/mol. The number of fused-ring (bicyclic) bond motifs is 5. The first-order valence-corrected chi connectivity index (χ1v) is 14.7. The minimum absolute atomic E-state index is 0.0709. The summed E-state index contributed by atoms with van der Waals surface area (Å²) in [7, 11) is 1.67. The third-order valence-corrected chi connectivity index (χ3v) is 12.7. The van der Waals surface area contributed by atoms with Crippen LogP contribution in [0.15, 0.2) is 11.6 Å². The number of hydrogen-bond acceptors (Lipinski definition) is 6. The van der Waals surface area contributed by atoms with Gasteiger partial charge in [-0.15, -0.1) is 0 Å². The van der Waals surface area contributed by atoms with Gasteiger partial charge in [0.05, 0.1) is 23.9 Å². The van der Waals surface area contributed by atoms with E-state index in [9.17, 15) is 20.4 Å². The van der Waals surface area contributed by atoms with Crippen molar-refractivity contribution in [3.63, 3.8) is 0 Å². The minimum Gasteiger partial charge on any atom is -0.393 e. The maximum Gasteiger partial charge on any atom is 0.160 e. The van der Waals surface area contributed by atoms with Gasteiger partial charge in [0.15, 0.2) is 6.29 Å². The Morgan fingerprint density at radius 1 is 1.00 bits per heavy atom. The molecule has 37 heavy (non-hydrogen) atoms. The molecule has 0 aromatic carbocycles. The van der Waals surface area contributed by atoms with Crippen molar-refractivity contribution in [1.82, 2.24) is 0 Å². The Bertz CT molecular complexity index is 923. The van der Waals surface area contributed by atoms with Crippen molar-refractivity contribution in [3.05, 3.63) is 11.6 Å². The molecule has 6 nitrogen and oxygen atoms in total. The Morgan fingerprint density at radius 3 is 2.30 bits per heavy atom. The molecule has 0 spiro atoms. The van der Waals surface area contributed by atoms with Crippen molar-refractivity contribution in [2.45, 2.75) is 130 Å². The molecule has 1 saturated heterocycles. The average molecular weight is 521 g/mol. The number of methoxy groups -OCH3 is 1. The Kier molecular flexibility index (Phi) is 6.63. The van der Waals surface area contributed by atoms with Crippen LogP contribution < -0.4 is 0 Å². The summed E-state index contributed by atoms with van der Waals surface area (Å²) in [6.45, 7) is 14.8. The van der Waals surface area contributed by atoms with Gasteiger partial charge in [-0.2, -0.15) is 0 Å². The molecule has 0 aromatic rings. The largest absolute Gasteiger partial charge is 0.393 e. The van der Waals surface area contributed by atoms with Gasteiger partial charge in [-0.3, -0.25) is 0 Å². The topological polar surface area (TPSA) is 99.4 Å². The van der Waals surface area contributed by atoms with E-state index in [1.165, 1.54) is 5.57 Å². The van der Waals surface area contributed by atoms with E-state index in [0.717, 1.165) is 38.5 Å². The highest BCUT2D eigenvalue weighted by Crippen LogP contribution is 2.73. The molecule has 0 radical (unpaired) electrons. The maximum atomic E-state index is 11.9. The first-order valence-electron chi connectivity index (χ1n) is 14.7. The van der Waals surface area contributed by atoms with Crippen molar-refractivity contribution in [3.8, 4) is 0 Å². The Balaban J connectivity index is 1.45. The zero-order valence-corrected chi connectivity index (χ0v) is 24.3. The van der Waals surface area contributed by atoms with Crippen molar-refractivity contribution < 1.29 is 29.9 Å². The average Bonchev–Trinajstić information content (AvgIpc) is 3.38. The Morgan fingerprint density at radius 2 is 1.68 bits per heavy atom. The molecule has 0 bridgehead atoms. The lowest BCUT2D eigenvalue weighted by Crippen LogP contribution is -2.65. The van der Waals surface area contributed by atoms with Gasteiger partial charge in [-0.25, -0.2) is 0 Å². The lowest BCUT2D eigenvalue weighted by atomic mass is 9.37. The number of allylic oxidation sites excluding steroid dienone is 1. The number of rotatable bonds is 4. The normalized spacial score (nSPS) is 52.2. The van der Waals surface area contributed by atoms with Gasteiger partial charge in [0, 0.05) is 18.4 Å². The first kappa shape index (κ1) is 28.0. The monoisotopic (exact) mass is 520 g/mol. The highest BCUT2D eigenvalue weighted by molar-refractivity contribution is 5.36. The molecule has 0 aromatic heterocycles. The van der Waals surface area contributed by atoms with Crippen molar-refractivity contribution >= 4 is 0 Å². The van der Waals surface area contributed by atoms with Crippen molar-refractivity contribution in [2.24, 2.45) is 45.3 Å². The van der Waals surface area contributed by atoms with E-state index in [4.69, 9.17) is 9.47 Å². The van der Waals surface area contributed by atoms with Crippen molar-refractivity contribution in [1.29, 1.82) is 0 Å². The van der Waals surface area contributed by atoms with Gasteiger partial charge in [0.25, 0.3) is 0 Å². The molecule has 5 aliphatic rings. The zero-order chi connectivity index (χ0) is 27.3. The van der Waals surface area contributed by atoms with Gasteiger partial charge in [0.2, 0.25) is 0 Å². The van der Waals surface area contributed by atoms with Crippen LogP contribution in [0, 0.1) is 45.3 Å². The minimum atomic E-state index is -1.24. The summed E-state index contributed by atoms with van der Waals surface area (Å²) in [5.74, 6) is 1.08. The summed E-state index contributed by atoms with van der Waals surface area (Å²) in [5, 5.41) is 44.0. The van der Waals surface area contributed by atoms with Gasteiger partial charge in [-0.05, 0) is 92.8 Å². The van der Waals surface area contributed by atoms with E-state index < -0.39 is 30.2 Å². The molecule has 6 heteroatoms. The summed E-state index contributed by atoms with van der Waals surface area (Å²) < 4.78 is 12.0. The molecule has 5 rings (SSSR count). The molecule has 4 aliphatic carbocycles. The SMILES string of the molecule is CO[C@H]1O[C@H](C(O)C(C)(C)O)CC1[C@@H]1CC=C2[C@@]3(C)C(CC[C@]21C)[C@@]1(C)CC[C@@H](O)C(C)(C)C1C[C@H]3O. The van der Waals surface area contributed by atoms with Crippen LogP contribution in [0.1, 0.15) is 93.4 Å². The molecule has 4 N–H and O–H groups in total. The van der Waals surface area contributed by atoms with Crippen LogP contribution in [0.4, 0.5) is 0 Å². The molecule has 1 aliphatic heterocycles.